The van der Waals surface area contributed by atoms with Gasteiger partial charge in [0.05, 0.1) is 13.2 Å². The molecule has 1 saturated heterocycles. The molecule has 2 fully saturated rings. The Morgan fingerprint density at radius 3 is 2.25 bits per heavy atom. The summed E-state index contributed by atoms with van der Waals surface area (Å²) in [6.07, 6.45) is 3.16. The summed E-state index contributed by atoms with van der Waals surface area (Å²) in [5, 5.41) is 13.9. The van der Waals surface area contributed by atoms with Crippen LogP contribution in [0.4, 0.5) is 10.5 Å². The summed E-state index contributed by atoms with van der Waals surface area (Å²) in [7, 11) is 0. The van der Waals surface area contributed by atoms with E-state index in [2.05, 4.69) is 25.9 Å². The fourth-order valence-corrected chi connectivity index (χ4v) is 7.34. The number of anilines is 1. The summed E-state index contributed by atoms with van der Waals surface area (Å²) >= 11 is 0. The van der Waals surface area contributed by atoms with Crippen LogP contribution in [0.15, 0.2) is 82.0 Å². The summed E-state index contributed by atoms with van der Waals surface area (Å²) in [4.78, 5) is 59.2. The zero-order valence-electron chi connectivity index (χ0n) is 32.3. The number of rotatable bonds is 12. The first-order valence-corrected chi connectivity index (χ1v) is 19.3. The number of hydrogen-bond acceptors (Lipinski definition) is 9. The Hall–Kier alpha value is -5.23. The number of morpholine rings is 1. The highest BCUT2D eigenvalue weighted by Gasteiger charge is 2.31. The number of Topliss-reactive ketones (excluding diaryl/α,β-unsaturated/α-hetero) is 1. The molecule has 290 valence electrons. The minimum atomic E-state index is -0.589. The number of ether oxygens (including phenoxy) is 2. The molecule has 1 aliphatic carbocycles. The SMILES string of the molecule is Cc1ccc(C(=O)N2CCOCC2)cc1-c1ccc(C[C@H](CC(=O)C2CCC(CNC(=O)OC(C)(C)C)CC2)C(=O)Nc2ccc(C3=NCN=N3)cc2)cc1. The Morgan fingerprint density at radius 2 is 1.60 bits per heavy atom. The van der Waals surface area contributed by atoms with Crippen LogP contribution in [0, 0.1) is 24.7 Å². The van der Waals surface area contributed by atoms with Gasteiger partial charge in [0.2, 0.25) is 5.91 Å². The van der Waals surface area contributed by atoms with Crippen molar-refractivity contribution in [1.82, 2.24) is 10.2 Å². The van der Waals surface area contributed by atoms with Gasteiger partial charge in [-0.25, -0.2) is 9.79 Å². The molecule has 12 heteroatoms. The van der Waals surface area contributed by atoms with E-state index in [0.29, 0.717) is 63.0 Å². The summed E-state index contributed by atoms with van der Waals surface area (Å²) in [5.74, 6) is -0.0177. The van der Waals surface area contributed by atoms with E-state index in [0.717, 1.165) is 53.5 Å². The van der Waals surface area contributed by atoms with Gasteiger partial charge in [0.25, 0.3) is 5.91 Å². The number of carbonyl (C=O) groups excluding carboxylic acids is 4. The van der Waals surface area contributed by atoms with Crippen molar-refractivity contribution >= 4 is 35.2 Å². The predicted octanol–water partition coefficient (Wildman–Crippen LogP) is 7.39. The molecule has 0 spiro atoms. The summed E-state index contributed by atoms with van der Waals surface area (Å²) in [6.45, 7) is 10.6. The number of hydrogen-bond donors (Lipinski definition) is 2. The van der Waals surface area contributed by atoms with Crippen LogP contribution in [-0.4, -0.2) is 79.5 Å². The van der Waals surface area contributed by atoms with E-state index in [4.69, 9.17) is 9.47 Å². The number of ketones is 1. The molecule has 0 unspecified atom stereocenters. The molecule has 0 aromatic heterocycles. The number of nitrogens with one attached hydrogen (secondary N) is 2. The maximum absolute atomic E-state index is 13.9. The zero-order valence-corrected chi connectivity index (χ0v) is 32.3. The number of azo groups is 1. The van der Waals surface area contributed by atoms with Crippen LogP contribution in [0.5, 0.6) is 0 Å². The van der Waals surface area contributed by atoms with Crippen molar-refractivity contribution in [3.8, 4) is 11.1 Å². The Morgan fingerprint density at radius 1 is 0.909 bits per heavy atom. The van der Waals surface area contributed by atoms with E-state index < -0.39 is 17.6 Å². The number of nitrogens with zero attached hydrogens (tertiary/aromatic N) is 4. The first-order chi connectivity index (χ1) is 26.4. The molecule has 3 amide bonds. The lowest BCUT2D eigenvalue weighted by atomic mass is 9.77. The number of aliphatic imine (C=N–C) groups is 1. The molecule has 0 radical (unpaired) electrons. The number of amidine groups is 1. The topological polar surface area (TPSA) is 151 Å². The molecule has 1 atom stereocenters. The maximum atomic E-state index is 13.9. The zero-order chi connectivity index (χ0) is 39.0. The third-order valence-electron chi connectivity index (χ3n) is 10.4. The van der Waals surface area contributed by atoms with Gasteiger partial charge in [0.1, 0.15) is 11.4 Å². The molecule has 2 heterocycles. The van der Waals surface area contributed by atoms with Crippen LogP contribution in [0.3, 0.4) is 0 Å². The Kier molecular flexibility index (Phi) is 12.9. The van der Waals surface area contributed by atoms with Gasteiger partial charge in [-0.3, -0.25) is 14.4 Å². The van der Waals surface area contributed by atoms with E-state index in [1.165, 1.54) is 0 Å². The lowest BCUT2D eigenvalue weighted by molar-refractivity contribution is -0.129. The molecule has 2 aliphatic heterocycles. The summed E-state index contributed by atoms with van der Waals surface area (Å²) in [5.41, 5.74) is 5.45. The van der Waals surface area contributed by atoms with Crippen molar-refractivity contribution in [3.05, 3.63) is 89.0 Å². The van der Waals surface area contributed by atoms with E-state index in [9.17, 15) is 19.2 Å². The van der Waals surface area contributed by atoms with Gasteiger partial charge >= 0.3 is 6.09 Å². The highest BCUT2D eigenvalue weighted by Crippen LogP contribution is 2.32. The summed E-state index contributed by atoms with van der Waals surface area (Å²) in [6, 6.07) is 21.2. The normalized spacial score (nSPS) is 19.0. The molecular formula is C43H52N6O6. The molecule has 12 nitrogen and oxygen atoms in total. The number of carbonyl (C=O) groups is 4. The van der Waals surface area contributed by atoms with Gasteiger partial charge in [-0.1, -0.05) is 30.3 Å². The lowest BCUT2D eigenvalue weighted by Gasteiger charge is -2.29. The standard InChI is InChI=1S/C43H52N6O6/c1-28-5-10-34(41(52)49-19-21-54-22-20-49)24-37(28)31-11-6-29(7-12-31)23-35(40(51)47-36-17-15-33(16-18-36)39-45-27-46-48-39)25-38(50)32-13-8-30(9-14-32)26-44-42(53)55-43(2,3)4/h5-7,10-12,15-18,24,30,32,35H,8-9,13-14,19-23,25-27H2,1-4H3,(H,44,53)(H,47,51)/t30?,32?,35-/m1/s1. The van der Waals surface area contributed by atoms with Crippen molar-refractivity contribution < 1.29 is 28.7 Å². The molecule has 0 bridgehead atoms. The molecule has 3 aromatic carbocycles. The van der Waals surface area contributed by atoms with Gasteiger partial charge in [-0.2, -0.15) is 5.11 Å². The third-order valence-corrected chi connectivity index (χ3v) is 10.4. The number of aryl methyl sites for hydroxylation is 1. The Balaban J connectivity index is 1.12. The minimum absolute atomic E-state index is 0.00177. The highest BCUT2D eigenvalue weighted by molar-refractivity contribution is 6.01. The molecule has 6 rings (SSSR count). The summed E-state index contributed by atoms with van der Waals surface area (Å²) < 4.78 is 10.8. The molecular weight excluding hydrogens is 697 g/mol. The van der Waals surface area contributed by atoms with Crippen LogP contribution in [0.1, 0.15) is 79.9 Å². The van der Waals surface area contributed by atoms with E-state index >= 15 is 0 Å². The van der Waals surface area contributed by atoms with Gasteiger partial charge in [-0.05, 0) is 124 Å². The number of alkyl carbamates (subject to hydrolysis) is 1. The minimum Gasteiger partial charge on any atom is -0.444 e. The number of benzene rings is 3. The first kappa shape index (κ1) is 39.5. The quantitative estimate of drug-likeness (QED) is 0.197. The van der Waals surface area contributed by atoms with E-state index in [-0.39, 0.29) is 35.9 Å². The highest BCUT2D eigenvalue weighted by atomic mass is 16.6. The van der Waals surface area contributed by atoms with Crippen molar-refractivity contribution in [3.63, 3.8) is 0 Å². The van der Waals surface area contributed by atoms with Gasteiger partial charge in [-0.15, -0.1) is 5.11 Å². The van der Waals surface area contributed by atoms with Gasteiger partial charge in [0.15, 0.2) is 12.5 Å². The van der Waals surface area contributed by atoms with Crippen LogP contribution < -0.4 is 10.6 Å². The van der Waals surface area contributed by atoms with Crippen LogP contribution in [0.25, 0.3) is 11.1 Å². The Bertz CT molecular complexity index is 1900. The lowest BCUT2D eigenvalue weighted by Crippen LogP contribution is -2.40. The van der Waals surface area contributed by atoms with Crippen molar-refractivity contribution in [2.24, 2.45) is 33.0 Å². The maximum Gasteiger partial charge on any atom is 0.407 e. The average molecular weight is 749 g/mol. The van der Waals surface area contributed by atoms with Crippen molar-refractivity contribution in [2.45, 2.75) is 71.8 Å². The molecule has 3 aromatic rings. The molecule has 3 aliphatic rings. The smallest absolute Gasteiger partial charge is 0.407 e. The van der Waals surface area contributed by atoms with Gasteiger partial charge in [0, 0.05) is 54.7 Å². The Labute approximate surface area is 323 Å². The van der Waals surface area contributed by atoms with Crippen molar-refractivity contribution in [1.29, 1.82) is 0 Å². The first-order valence-electron chi connectivity index (χ1n) is 19.3. The predicted molar refractivity (Wildman–Crippen MR) is 211 cm³/mol. The second-order valence-electron chi connectivity index (χ2n) is 15.7. The van der Waals surface area contributed by atoms with Crippen LogP contribution in [0.2, 0.25) is 0 Å². The van der Waals surface area contributed by atoms with Crippen LogP contribution >= 0.6 is 0 Å². The van der Waals surface area contributed by atoms with E-state index in [1.54, 1.807) is 0 Å². The molecule has 2 N–H and O–H groups in total. The van der Waals surface area contributed by atoms with Crippen LogP contribution in [-0.2, 0) is 25.5 Å². The van der Waals surface area contributed by atoms with Crippen molar-refractivity contribution in [2.75, 3.05) is 44.8 Å². The fraction of sp³-hybridized carbons (Fsp3) is 0.465. The fourth-order valence-electron chi connectivity index (χ4n) is 7.34. The number of amides is 3. The third kappa shape index (κ3) is 10.9. The monoisotopic (exact) mass is 748 g/mol. The second-order valence-corrected chi connectivity index (χ2v) is 15.7. The van der Waals surface area contributed by atoms with Gasteiger partial charge < -0.3 is 25.0 Å². The average Bonchev–Trinajstić information content (AvgIpc) is 3.73. The molecule has 55 heavy (non-hydrogen) atoms. The molecule has 1 saturated carbocycles. The second kappa shape index (κ2) is 17.9. The largest absolute Gasteiger partial charge is 0.444 e. The van der Waals surface area contributed by atoms with E-state index in [1.807, 2.05) is 99.3 Å².